The van der Waals surface area contributed by atoms with Gasteiger partial charge >= 0.3 is 0 Å². The van der Waals surface area contributed by atoms with Crippen molar-refractivity contribution in [3.8, 4) is 0 Å². The average Bonchev–Trinajstić information content (AvgIpc) is 3.00. The second-order valence-electron chi connectivity index (χ2n) is 6.81. The zero-order valence-electron chi connectivity index (χ0n) is 14.1. The Kier molecular flexibility index (Phi) is 3.76. The van der Waals surface area contributed by atoms with Crippen LogP contribution in [0.15, 0.2) is 59.0 Å². The van der Waals surface area contributed by atoms with Gasteiger partial charge in [0.25, 0.3) is 0 Å². The van der Waals surface area contributed by atoms with E-state index in [1.165, 1.54) is 0 Å². The van der Waals surface area contributed by atoms with Crippen LogP contribution in [-0.2, 0) is 6.42 Å². The fourth-order valence-electron chi connectivity index (χ4n) is 3.41. The fourth-order valence-corrected chi connectivity index (χ4v) is 3.41. The normalized spacial score (nSPS) is 15.7. The smallest absolute Gasteiger partial charge is 0.143 e. The molecule has 0 radical (unpaired) electrons. The standard InChI is InChI=1S/C21H21NO3/c1-13(12-23)21(22,24)11-14-10-18-16-7-4-5-9-19(16)25-20(18)17-8-3-2-6-15(14)17/h2-10,13,23-24H,11-12,22H2,1H3. The van der Waals surface area contributed by atoms with E-state index in [1.807, 2.05) is 54.6 Å². The van der Waals surface area contributed by atoms with E-state index >= 15 is 0 Å². The van der Waals surface area contributed by atoms with Crippen LogP contribution in [0, 0.1) is 5.92 Å². The van der Waals surface area contributed by atoms with E-state index in [1.54, 1.807) is 6.92 Å². The largest absolute Gasteiger partial charge is 0.455 e. The molecule has 0 fully saturated rings. The Morgan fingerprint density at radius 3 is 2.36 bits per heavy atom. The van der Waals surface area contributed by atoms with Crippen molar-refractivity contribution in [3.63, 3.8) is 0 Å². The summed E-state index contributed by atoms with van der Waals surface area (Å²) in [4.78, 5) is 0. The van der Waals surface area contributed by atoms with Crippen molar-refractivity contribution in [3.05, 3.63) is 60.2 Å². The van der Waals surface area contributed by atoms with E-state index in [9.17, 15) is 10.2 Å². The number of nitrogens with two attached hydrogens (primary N) is 1. The topological polar surface area (TPSA) is 79.6 Å². The highest BCUT2D eigenvalue weighted by atomic mass is 16.3. The van der Waals surface area contributed by atoms with E-state index in [4.69, 9.17) is 10.2 Å². The molecule has 4 rings (SSSR count). The summed E-state index contributed by atoms with van der Waals surface area (Å²) in [5, 5.41) is 24.1. The summed E-state index contributed by atoms with van der Waals surface area (Å²) in [6, 6.07) is 17.9. The van der Waals surface area contributed by atoms with Crippen LogP contribution in [0.5, 0.6) is 0 Å². The van der Waals surface area contributed by atoms with Crippen LogP contribution in [-0.4, -0.2) is 22.5 Å². The molecular formula is C21H21NO3. The molecular weight excluding hydrogens is 314 g/mol. The SMILES string of the molecule is CC(CO)C(N)(O)Cc1cc2c3ccccc3oc2c2ccccc12. The minimum absolute atomic E-state index is 0.165. The molecule has 0 spiro atoms. The number of hydrogen-bond acceptors (Lipinski definition) is 4. The Hall–Kier alpha value is -2.40. The summed E-state index contributed by atoms with van der Waals surface area (Å²) in [7, 11) is 0. The van der Waals surface area contributed by atoms with Gasteiger partial charge in [0.1, 0.15) is 16.9 Å². The molecule has 0 aliphatic rings. The first-order valence-corrected chi connectivity index (χ1v) is 8.45. The van der Waals surface area contributed by atoms with Gasteiger partial charge in [0.2, 0.25) is 0 Å². The molecule has 4 N–H and O–H groups in total. The summed E-state index contributed by atoms with van der Waals surface area (Å²) in [5.41, 5.74) is 7.24. The van der Waals surface area contributed by atoms with E-state index in [0.717, 1.165) is 38.3 Å². The van der Waals surface area contributed by atoms with Crippen LogP contribution in [0.1, 0.15) is 12.5 Å². The van der Waals surface area contributed by atoms with Gasteiger partial charge < -0.3 is 20.4 Å². The van der Waals surface area contributed by atoms with Crippen molar-refractivity contribution in [1.82, 2.24) is 0 Å². The molecule has 4 nitrogen and oxygen atoms in total. The molecule has 4 heteroatoms. The highest BCUT2D eigenvalue weighted by Gasteiger charge is 2.30. The molecule has 4 aromatic rings. The highest BCUT2D eigenvalue weighted by molar-refractivity contribution is 6.15. The highest BCUT2D eigenvalue weighted by Crippen LogP contribution is 2.37. The Morgan fingerprint density at radius 1 is 1.00 bits per heavy atom. The van der Waals surface area contributed by atoms with Crippen LogP contribution >= 0.6 is 0 Å². The predicted octanol–water partition coefficient (Wildman–Crippen LogP) is 3.56. The predicted molar refractivity (Wildman–Crippen MR) is 100 cm³/mol. The number of furan rings is 1. The Balaban J connectivity index is 2.01. The third-order valence-electron chi connectivity index (χ3n) is 5.07. The molecule has 2 unspecified atom stereocenters. The second-order valence-corrected chi connectivity index (χ2v) is 6.81. The molecule has 0 saturated carbocycles. The number of aliphatic hydroxyl groups is 2. The van der Waals surface area contributed by atoms with Gasteiger partial charge in [-0.3, -0.25) is 0 Å². The number of para-hydroxylation sites is 1. The minimum atomic E-state index is -1.48. The lowest BCUT2D eigenvalue weighted by molar-refractivity contribution is -0.0263. The van der Waals surface area contributed by atoms with Crippen LogP contribution in [0.25, 0.3) is 32.7 Å². The van der Waals surface area contributed by atoms with Crippen LogP contribution < -0.4 is 5.73 Å². The van der Waals surface area contributed by atoms with Crippen LogP contribution in [0.2, 0.25) is 0 Å². The monoisotopic (exact) mass is 335 g/mol. The Labute approximate surface area is 145 Å². The van der Waals surface area contributed by atoms with Crippen LogP contribution in [0.3, 0.4) is 0 Å². The van der Waals surface area contributed by atoms with Crippen molar-refractivity contribution in [1.29, 1.82) is 0 Å². The maximum atomic E-state index is 10.6. The maximum absolute atomic E-state index is 10.6. The lowest BCUT2D eigenvalue weighted by Crippen LogP contribution is -2.49. The van der Waals surface area contributed by atoms with Gasteiger partial charge in [-0.2, -0.15) is 0 Å². The zero-order valence-corrected chi connectivity index (χ0v) is 14.1. The van der Waals surface area contributed by atoms with Crippen molar-refractivity contribution in [2.45, 2.75) is 19.1 Å². The molecule has 0 amide bonds. The second kappa shape index (κ2) is 5.85. The lowest BCUT2D eigenvalue weighted by Gasteiger charge is -2.29. The van der Waals surface area contributed by atoms with E-state index in [0.29, 0.717) is 0 Å². The van der Waals surface area contributed by atoms with Gasteiger partial charge in [-0.1, -0.05) is 49.4 Å². The summed E-state index contributed by atoms with van der Waals surface area (Å²) in [5.74, 6) is -0.428. The zero-order chi connectivity index (χ0) is 17.6. The quantitative estimate of drug-likeness (QED) is 0.498. The molecule has 2 atom stereocenters. The Bertz CT molecular complexity index is 1060. The molecule has 1 aromatic heterocycles. The van der Waals surface area contributed by atoms with Gasteiger partial charge in [0.15, 0.2) is 0 Å². The number of benzene rings is 3. The minimum Gasteiger partial charge on any atom is -0.455 e. The maximum Gasteiger partial charge on any atom is 0.143 e. The number of aliphatic hydroxyl groups excluding tert-OH is 1. The lowest BCUT2D eigenvalue weighted by atomic mass is 9.89. The summed E-state index contributed by atoms with van der Waals surface area (Å²) in [6.45, 7) is 1.58. The molecule has 0 bridgehead atoms. The van der Waals surface area contributed by atoms with Gasteiger partial charge in [-0.15, -0.1) is 0 Å². The summed E-state index contributed by atoms with van der Waals surface area (Å²) >= 11 is 0. The number of hydrogen-bond donors (Lipinski definition) is 3. The van der Waals surface area contributed by atoms with E-state index < -0.39 is 11.6 Å². The summed E-state index contributed by atoms with van der Waals surface area (Å²) in [6.07, 6.45) is 0.255. The molecule has 1 heterocycles. The first-order valence-electron chi connectivity index (χ1n) is 8.45. The first-order chi connectivity index (χ1) is 12.0. The molecule has 0 aliphatic heterocycles. The van der Waals surface area contributed by atoms with Crippen molar-refractivity contribution >= 4 is 32.7 Å². The molecule has 128 valence electrons. The average molecular weight is 335 g/mol. The molecule has 0 saturated heterocycles. The fraction of sp³-hybridized carbons (Fsp3) is 0.238. The Morgan fingerprint density at radius 2 is 1.64 bits per heavy atom. The third-order valence-corrected chi connectivity index (χ3v) is 5.07. The molecule has 25 heavy (non-hydrogen) atoms. The third kappa shape index (κ3) is 2.59. The number of fused-ring (bicyclic) bond motifs is 5. The first kappa shape index (κ1) is 16.1. The van der Waals surface area contributed by atoms with Gasteiger partial charge in [0.05, 0.1) is 0 Å². The summed E-state index contributed by atoms with van der Waals surface area (Å²) < 4.78 is 6.09. The van der Waals surface area contributed by atoms with Crippen molar-refractivity contribution in [2.24, 2.45) is 11.7 Å². The van der Waals surface area contributed by atoms with Crippen molar-refractivity contribution < 1.29 is 14.6 Å². The van der Waals surface area contributed by atoms with E-state index in [-0.39, 0.29) is 13.0 Å². The van der Waals surface area contributed by atoms with Crippen molar-refractivity contribution in [2.75, 3.05) is 6.61 Å². The van der Waals surface area contributed by atoms with E-state index in [2.05, 4.69) is 0 Å². The van der Waals surface area contributed by atoms with Gasteiger partial charge in [-0.05, 0) is 23.1 Å². The van der Waals surface area contributed by atoms with Crippen LogP contribution in [0.4, 0.5) is 0 Å². The molecule has 3 aromatic carbocycles. The van der Waals surface area contributed by atoms with Gasteiger partial charge in [-0.25, -0.2) is 0 Å². The number of rotatable bonds is 4. The molecule has 0 aliphatic carbocycles. The van der Waals surface area contributed by atoms with Gasteiger partial charge in [0, 0.05) is 35.1 Å².